The predicted molar refractivity (Wildman–Crippen MR) is 178 cm³/mol. The Morgan fingerprint density at radius 1 is 0.674 bits per heavy atom. The normalized spacial score (nSPS) is 13.9. The van der Waals surface area contributed by atoms with E-state index >= 15 is 0 Å². The van der Waals surface area contributed by atoms with Gasteiger partial charge in [-0.1, -0.05) is 135 Å². The Hall–Kier alpha value is -0.760. The lowest BCUT2D eigenvalue weighted by atomic mass is 10.0. The minimum atomic E-state index is -4.23. The zero-order valence-corrected chi connectivity index (χ0v) is 28.8. The molecule has 3 N–H and O–H groups in total. The van der Waals surface area contributed by atoms with Gasteiger partial charge in [-0.25, -0.2) is 4.57 Å². The van der Waals surface area contributed by atoms with Gasteiger partial charge in [0.1, 0.15) is 6.10 Å². The molecule has 0 fully saturated rings. The van der Waals surface area contributed by atoms with Gasteiger partial charge in [0.2, 0.25) is 0 Å². The monoisotopic (exact) mass is 633 g/mol. The topological polar surface area (TPSA) is 117 Å². The summed E-state index contributed by atoms with van der Waals surface area (Å²) >= 11 is 0. The molecule has 2 unspecified atom stereocenters. The second-order valence-electron chi connectivity index (χ2n) is 11.7. The second-order valence-corrected chi connectivity index (χ2v) is 13.1. The fraction of sp³-hybridized carbons (Fsp3) is 0.912. The maximum atomic E-state index is 11.8. The average molecular weight is 634 g/mol. The van der Waals surface area contributed by atoms with E-state index in [-0.39, 0.29) is 32.8 Å². The van der Waals surface area contributed by atoms with Crippen LogP contribution < -0.4 is 5.73 Å². The van der Waals surface area contributed by atoms with Crippen molar-refractivity contribution in [3.8, 4) is 0 Å². The Labute approximate surface area is 264 Å². The molecule has 0 bridgehead atoms. The van der Waals surface area contributed by atoms with Crippen molar-refractivity contribution < 1.29 is 32.8 Å². The van der Waals surface area contributed by atoms with E-state index in [1.165, 1.54) is 128 Å². The zero-order chi connectivity index (χ0) is 31.7. The number of nitrogens with two attached hydrogens (primary N) is 1. The summed E-state index contributed by atoms with van der Waals surface area (Å²) in [7, 11) is -4.23. The first-order valence-corrected chi connectivity index (χ1v) is 19.2. The molecule has 0 aromatic carbocycles. The van der Waals surface area contributed by atoms with Gasteiger partial charge >= 0.3 is 13.8 Å². The van der Waals surface area contributed by atoms with E-state index < -0.39 is 19.9 Å². The van der Waals surface area contributed by atoms with Crippen LogP contribution in [0.25, 0.3) is 0 Å². The number of ether oxygens (including phenoxy) is 2. The van der Waals surface area contributed by atoms with Crippen molar-refractivity contribution >= 4 is 13.8 Å². The summed E-state index contributed by atoms with van der Waals surface area (Å²) in [5, 5.41) is 0. The minimum absolute atomic E-state index is 0.0958. The maximum Gasteiger partial charge on any atom is 0.472 e. The summed E-state index contributed by atoms with van der Waals surface area (Å²) in [6, 6.07) is 0. The third kappa shape index (κ3) is 32.4. The van der Waals surface area contributed by atoms with Crippen LogP contribution in [0.3, 0.4) is 0 Å². The average Bonchev–Trinajstić information content (AvgIpc) is 3.00. The first-order valence-electron chi connectivity index (χ1n) is 17.7. The SMILES string of the molecule is CCCCCCCCCC/C=C\CCCCCCCCCCCCCCOCC(COP(=O)(O)OCCN)OC(=O)CC. The number of hydrogen-bond donors (Lipinski definition) is 2. The standard InChI is InChI=1S/C34H68NO7P/c1-3-5-6-7-8-9-10-11-12-13-14-15-16-17-18-19-20-21-22-23-24-25-26-27-29-39-31-33(42-34(36)4-2)32-41-43(37,38)40-30-28-35/h13-14,33H,3-12,15-32,35H2,1-2H3,(H,37,38)/b14-13-. The van der Waals surface area contributed by atoms with Crippen molar-refractivity contribution in [2.24, 2.45) is 5.73 Å². The number of esters is 1. The summed E-state index contributed by atoms with van der Waals surface area (Å²) in [5.41, 5.74) is 5.27. The van der Waals surface area contributed by atoms with Gasteiger partial charge in [0.25, 0.3) is 0 Å². The van der Waals surface area contributed by atoms with Gasteiger partial charge in [-0.3, -0.25) is 13.8 Å². The molecule has 0 aromatic rings. The van der Waals surface area contributed by atoms with Crippen molar-refractivity contribution in [2.45, 2.75) is 168 Å². The van der Waals surface area contributed by atoms with Crippen LogP contribution in [-0.2, 0) is 27.9 Å². The van der Waals surface area contributed by atoms with Gasteiger partial charge in [0.15, 0.2) is 0 Å². The third-order valence-electron chi connectivity index (χ3n) is 7.49. The molecule has 9 heteroatoms. The van der Waals surface area contributed by atoms with Crippen LogP contribution in [0.1, 0.15) is 162 Å². The van der Waals surface area contributed by atoms with Crippen molar-refractivity contribution in [3.63, 3.8) is 0 Å². The van der Waals surface area contributed by atoms with Crippen molar-refractivity contribution in [1.29, 1.82) is 0 Å². The molecule has 256 valence electrons. The first kappa shape index (κ1) is 42.2. The van der Waals surface area contributed by atoms with Crippen LogP contribution >= 0.6 is 7.82 Å². The van der Waals surface area contributed by atoms with E-state index in [0.717, 1.165) is 12.8 Å². The quantitative estimate of drug-likeness (QED) is 0.0311. The number of rotatable bonds is 34. The highest BCUT2D eigenvalue weighted by Crippen LogP contribution is 2.43. The Bertz CT molecular complexity index is 677. The summed E-state index contributed by atoms with van der Waals surface area (Å²) in [4.78, 5) is 21.3. The Morgan fingerprint density at radius 2 is 1.14 bits per heavy atom. The third-order valence-corrected chi connectivity index (χ3v) is 8.47. The van der Waals surface area contributed by atoms with Gasteiger partial charge in [-0.05, 0) is 32.1 Å². The molecule has 0 heterocycles. The largest absolute Gasteiger partial charge is 0.472 e. The zero-order valence-electron chi connectivity index (χ0n) is 28.0. The van der Waals surface area contributed by atoms with E-state index in [9.17, 15) is 14.3 Å². The molecule has 0 saturated carbocycles. The number of allylic oxidation sites excluding steroid dienone is 2. The lowest BCUT2D eigenvalue weighted by molar-refractivity contribution is -0.154. The number of carbonyl (C=O) groups excluding carboxylic acids is 1. The number of phosphoric acid groups is 1. The highest BCUT2D eigenvalue weighted by Gasteiger charge is 2.24. The summed E-state index contributed by atoms with van der Waals surface area (Å²) in [6.07, 6.45) is 33.2. The molecular weight excluding hydrogens is 565 g/mol. The van der Waals surface area contributed by atoms with Gasteiger partial charge in [-0.15, -0.1) is 0 Å². The second kappa shape index (κ2) is 32.6. The van der Waals surface area contributed by atoms with Gasteiger partial charge in [0.05, 0.1) is 19.8 Å². The van der Waals surface area contributed by atoms with Gasteiger partial charge in [0, 0.05) is 19.6 Å². The Morgan fingerprint density at radius 3 is 1.60 bits per heavy atom. The lowest BCUT2D eigenvalue weighted by Gasteiger charge is -2.19. The van der Waals surface area contributed by atoms with Crippen molar-refractivity contribution in [3.05, 3.63) is 12.2 Å². The number of hydrogen-bond acceptors (Lipinski definition) is 7. The minimum Gasteiger partial charge on any atom is -0.457 e. The molecule has 0 aliphatic heterocycles. The highest BCUT2D eigenvalue weighted by molar-refractivity contribution is 7.47. The molecule has 0 aliphatic carbocycles. The van der Waals surface area contributed by atoms with E-state index in [0.29, 0.717) is 6.61 Å². The molecule has 2 atom stereocenters. The lowest BCUT2D eigenvalue weighted by Crippen LogP contribution is -2.28. The molecular formula is C34H68NO7P. The molecule has 0 aliphatic rings. The van der Waals surface area contributed by atoms with Crippen molar-refractivity contribution in [1.82, 2.24) is 0 Å². The smallest absolute Gasteiger partial charge is 0.457 e. The fourth-order valence-corrected chi connectivity index (χ4v) is 5.61. The number of phosphoric ester groups is 1. The van der Waals surface area contributed by atoms with Crippen LogP contribution in [0.2, 0.25) is 0 Å². The van der Waals surface area contributed by atoms with Crippen LogP contribution in [-0.4, -0.2) is 49.9 Å². The van der Waals surface area contributed by atoms with Crippen LogP contribution in [0, 0.1) is 0 Å². The molecule has 0 amide bonds. The fourth-order valence-electron chi connectivity index (χ4n) is 4.85. The van der Waals surface area contributed by atoms with Crippen molar-refractivity contribution in [2.75, 3.05) is 33.0 Å². The van der Waals surface area contributed by atoms with E-state index in [2.05, 4.69) is 19.1 Å². The van der Waals surface area contributed by atoms with Gasteiger partial charge < -0.3 is 20.1 Å². The summed E-state index contributed by atoms with van der Waals surface area (Å²) in [5.74, 6) is -0.417. The van der Waals surface area contributed by atoms with Gasteiger partial charge in [-0.2, -0.15) is 0 Å². The molecule has 43 heavy (non-hydrogen) atoms. The Kier molecular flexibility index (Phi) is 32.1. The van der Waals surface area contributed by atoms with Crippen LogP contribution in [0.15, 0.2) is 12.2 Å². The molecule has 8 nitrogen and oxygen atoms in total. The van der Waals surface area contributed by atoms with E-state index in [1.54, 1.807) is 6.92 Å². The molecule has 0 radical (unpaired) electrons. The summed E-state index contributed by atoms with van der Waals surface area (Å²) in [6.45, 7) is 4.35. The van der Waals surface area contributed by atoms with Crippen LogP contribution in [0.4, 0.5) is 0 Å². The predicted octanol–water partition coefficient (Wildman–Crippen LogP) is 9.58. The maximum absolute atomic E-state index is 11.8. The summed E-state index contributed by atoms with van der Waals surface area (Å²) < 4.78 is 32.3. The molecule has 0 spiro atoms. The van der Waals surface area contributed by atoms with E-state index in [1.807, 2.05) is 0 Å². The first-order chi connectivity index (χ1) is 20.9. The Balaban J connectivity index is 3.52. The van der Waals surface area contributed by atoms with E-state index in [4.69, 9.17) is 24.3 Å². The molecule has 0 saturated heterocycles. The highest BCUT2D eigenvalue weighted by atomic mass is 31.2. The number of unbranched alkanes of at least 4 members (excludes halogenated alkanes) is 20. The molecule has 0 rings (SSSR count). The van der Waals surface area contributed by atoms with Crippen LogP contribution in [0.5, 0.6) is 0 Å². The molecule has 0 aromatic heterocycles. The number of carbonyl (C=O) groups is 1.